The number of nitrogens with one attached hydrogen (secondary N) is 1. The molecule has 152 valence electrons. The van der Waals surface area contributed by atoms with Gasteiger partial charge in [0.25, 0.3) is 11.6 Å². The van der Waals surface area contributed by atoms with Gasteiger partial charge < -0.3 is 10.2 Å². The van der Waals surface area contributed by atoms with Crippen LogP contribution >= 0.6 is 0 Å². The first-order chi connectivity index (χ1) is 14.0. The minimum Gasteiger partial charge on any atom is -0.362 e. The van der Waals surface area contributed by atoms with Crippen LogP contribution in [0.4, 0.5) is 5.69 Å². The molecule has 1 N–H and O–H groups in total. The monoisotopic (exact) mass is 395 g/mol. The van der Waals surface area contributed by atoms with Crippen molar-refractivity contribution in [3.63, 3.8) is 0 Å². The lowest BCUT2D eigenvalue weighted by Gasteiger charge is -2.37. The first-order valence-corrected chi connectivity index (χ1v) is 10.2. The summed E-state index contributed by atoms with van der Waals surface area (Å²) in [6.45, 7) is 3.34. The fraction of sp³-hybridized carbons (Fsp3) is 0.455. The van der Waals surface area contributed by atoms with Crippen molar-refractivity contribution in [2.45, 2.75) is 51.4 Å². The van der Waals surface area contributed by atoms with Crippen molar-refractivity contribution in [1.29, 1.82) is 0 Å². The molecule has 29 heavy (non-hydrogen) atoms. The zero-order valence-electron chi connectivity index (χ0n) is 16.6. The molecule has 7 nitrogen and oxygen atoms in total. The third-order valence-corrected chi connectivity index (χ3v) is 6.09. The van der Waals surface area contributed by atoms with Crippen LogP contribution < -0.4 is 5.32 Å². The zero-order valence-corrected chi connectivity index (χ0v) is 16.6. The number of dihydropyridines is 1. The number of piperidine rings is 1. The van der Waals surface area contributed by atoms with E-state index >= 15 is 0 Å². The Kier molecular flexibility index (Phi) is 5.22. The number of non-ortho nitro benzene ring substituents is 1. The van der Waals surface area contributed by atoms with Crippen molar-refractivity contribution in [3.8, 4) is 0 Å². The van der Waals surface area contributed by atoms with Gasteiger partial charge in [-0.25, -0.2) is 0 Å². The number of ketones is 1. The van der Waals surface area contributed by atoms with Crippen LogP contribution in [0.5, 0.6) is 0 Å². The lowest BCUT2D eigenvalue weighted by atomic mass is 9.74. The molecule has 2 aliphatic heterocycles. The Morgan fingerprint density at radius 1 is 1.10 bits per heavy atom. The van der Waals surface area contributed by atoms with Gasteiger partial charge in [0.2, 0.25) is 0 Å². The van der Waals surface area contributed by atoms with Crippen LogP contribution in [0.25, 0.3) is 0 Å². The van der Waals surface area contributed by atoms with Crippen molar-refractivity contribution in [3.05, 3.63) is 62.5 Å². The molecule has 1 saturated heterocycles. The number of benzene rings is 1. The molecule has 1 aromatic rings. The van der Waals surface area contributed by atoms with Gasteiger partial charge in [-0.3, -0.25) is 19.7 Å². The maximum absolute atomic E-state index is 13.5. The molecule has 0 saturated carbocycles. The minimum atomic E-state index is -0.478. The quantitative estimate of drug-likeness (QED) is 0.624. The highest BCUT2D eigenvalue weighted by Crippen LogP contribution is 2.43. The maximum Gasteiger partial charge on any atom is 0.269 e. The van der Waals surface area contributed by atoms with Gasteiger partial charge in [0.1, 0.15) is 0 Å². The second kappa shape index (κ2) is 7.81. The number of amides is 1. The summed E-state index contributed by atoms with van der Waals surface area (Å²) in [5.41, 5.74) is 3.65. The van der Waals surface area contributed by atoms with E-state index in [4.69, 9.17) is 0 Å². The number of nitro benzene ring substituents is 1. The van der Waals surface area contributed by atoms with Gasteiger partial charge in [-0.05, 0) is 44.6 Å². The van der Waals surface area contributed by atoms with E-state index in [0.717, 1.165) is 62.2 Å². The van der Waals surface area contributed by atoms with Gasteiger partial charge in [0.15, 0.2) is 5.78 Å². The van der Waals surface area contributed by atoms with Crippen molar-refractivity contribution in [2.24, 2.45) is 0 Å². The van der Waals surface area contributed by atoms with E-state index in [-0.39, 0.29) is 17.4 Å². The molecular weight excluding hydrogens is 370 g/mol. The Morgan fingerprint density at radius 2 is 1.79 bits per heavy atom. The molecule has 7 heteroatoms. The highest BCUT2D eigenvalue weighted by atomic mass is 16.6. The average Bonchev–Trinajstić information content (AvgIpc) is 2.73. The van der Waals surface area contributed by atoms with E-state index < -0.39 is 10.8 Å². The van der Waals surface area contributed by atoms with Gasteiger partial charge >= 0.3 is 0 Å². The number of Topliss-reactive ketones (excluding diaryl/α,β-unsaturated/α-hetero) is 1. The van der Waals surface area contributed by atoms with Crippen LogP contribution in [0.15, 0.2) is 46.8 Å². The minimum absolute atomic E-state index is 0.00327. The molecule has 1 fully saturated rings. The number of nitrogens with zero attached hydrogens (tertiary/aromatic N) is 2. The summed E-state index contributed by atoms with van der Waals surface area (Å²) in [5, 5.41) is 14.4. The SMILES string of the molecule is CC1=C(C(=O)N2CCCCC2)C(c2ccc([N+](=O)[O-])cc2)C2=C(CCCC2=O)N1. The van der Waals surface area contributed by atoms with Crippen molar-refractivity contribution in [2.75, 3.05) is 13.1 Å². The predicted molar refractivity (Wildman–Crippen MR) is 108 cm³/mol. The highest BCUT2D eigenvalue weighted by molar-refractivity contribution is 6.05. The summed E-state index contributed by atoms with van der Waals surface area (Å²) in [6, 6.07) is 6.25. The smallest absolute Gasteiger partial charge is 0.269 e. The molecule has 0 aromatic heterocycles. The third kappa shape index (κ3) is 3.57. The topological polar surface area (TPSA) is 92.6 Å². The molecule has 3 aliphatic rings. The average molecular weight is 395 g/mol. The van der Waals surface area contributed by atoms with Gasteiger partial charge in [-0.15, -0.1) is 0 Å². The van der Waals surface area contributed by atoms with E-state index in [1.165, 1.54) is 12.1 Å². The number of likely N-dealkylation sites (tertiary alicyclic amines) is 1. The van der Waals surface area contributed by atoms with E-state index in [2.05, 4.69) is 5.32 Å². The van der Waals surface area contributed by atoms with Gasteiger partial charge in [0.05, 0.1) is 4.92 Å². The molecule has 1 amide bonds. The fourth-order valence-corrected chi connectivity index (χ4v) is 4.66. The highest BCUT2D eigenvalue weighted by Gasteiger charge is 2.39. The van der Waals surface area contributed by atoms with Gasteiger partial charge in [-0.1, -0.05) is 12.1 Å². The second-order valence-electron chi connectivity index (χ2n) is 7.97. The normalized spacial score (nSPS) is 22.3. The summed E-state index contributed by atoms with van der Waals surface area (Å²) in [5.74, 6) is -0.462. The van der Waals surface area contributed by atoms with Gasteiger partial charge in [0, 0.05) is 60.1 Å². The molecule has 0 radical (unpaired) electrons. The third-order valence-electron chi connectivity index (χ3n) is 6.09. The molecule has 2 heterocycles. The number of allylic oxidation sites excluding steroid dienone is 3. The number of hydrogen-bond acceptors (Lipinski definition) is 5. The predicted octanol–water partition coefficient (Wildman–Crippen LogP) is 3.58. The summed E-state index contributed by atoms with van der Waals surface area (Å²) in [4.78, 5) is 38.9. The number of nitro groups is 1. The zero-order chi connectivity index (χ0) is 20.5. The van der Waals surface area contributed by atoms with Crippen LogP contribution in [-0.4, -0.2) is 34.6 Å². The van der Waals surface area contributed by atoms with E-state index in [9.17, 15) is 19.7 Å². The standard InChI is InChI=1S/C22H25N3O4/c1-14-19(22(27)24-12-3-2-4-13-24)20(15-8-10-16(11-9-15)25(28)29)21-17(23-14)6-5-7-18(21)26/h8-11,20,23H,2-7,12-13H2,1H3. The van der Waals surface area contributed by atoms with Crippen LogP contribution in [-0.2, 0) is 9.59 Å². The molecular formula is C22H25N3O4. The molecule has 0 bridgehead atoms. The first kappa shape index (κ1) is 19.4. The molecule has 1 aromatic carbocycles. The first-order valence-electron chi connectivity index (χ1n) is 10.2. The molecule has 1 aliphatic carbocycles. The molecule has 4 rings (SSSR count). The van der Waals surface area contributed by atoms with Crippen LogP contribution in [0.2, 0.25) is 0 Å². The number of rotatable bonds is 3. The molecule has 1 unspecified atom stereocenters. The van der Waals surface area contributed by atoms with Crippen molar-refractivity contribution in [1.82, 2.24) is 10.2 Å². The summed E-state index contributed by atoms with van der Waals surface area (Å²) in [7, 11) is 0. The fourth-order valence-electron chi connectivity index (χ4n) is 4.66. The van der Waals surface area contributed by atoms with E-state index in [0.29, 0.717) is 17.6 Å². The van der Waals surface area contributed by atoms with E-state index in [1.54, 1.807) is 12.1 Å². The summed E-state index contributed by atoms with van der Waals surface area (Å²) < 4.78 is 0. The lowest BCUT2D eigenvalue weighted by Crippen LogP contribution is -2.42. The Morgan fingerprint density at radius 3 is 2.45 bits per heavy atom. The van der Waals surface area contributed by atoms with Gasteiger partial charge in [-0.2, -0.15) is 0 Å². The lowest BCUT2D eigenvalue weighted by molar-refractivity contribution is -0.384. The Bertz CT molecular complexity index is 924. The van der Waals surface area contributed by atoms with Crippen LogP contribution in [0.1, 0.15) is 56.9 Å². The number of carbonyl (C=O) groups excluding carboxylic acids is 2. The van der Waals surface area contributed by atoms with E-state index in [1.807, 2.05) is 11.8 Å². The molecule has 0 spiro atoms. The Labute approximate surface area is 169 Å². The number of hydrogen-bond donors (Lipinski definition) is 1. The number of carbonyl (C=O) groups is 2. The Hall–Kier alpha value is -2.96. The largest absolute Gasteiger partial charge is 0.362 e. The second-order valence-corrected chi connectivity index (χ2v) is 7.97. The summed E-state index contributed by atoms with van der Waals surface area (Å²) in [6.07, 6.45) is 5.13. The maximum atomic E-state index is 13.5. The Balaban J connectivity index is 1.80. The summed E-state index contributed by atoms with van der Waals surface area (Å²) >= 11 is 0. The van der Waals surface area contributed by atoms with Crippen LogP contribution in [0.3, 0.4) is 0 Å². The van der Waals surface area contributed by atoms with Crippen molar-refractivity contribution >= 4 is 17.4 Å². The van der Waals surface area contributed by atoms with Crippen molar-refractivity contribution < 1.29 is 14.5 Å². The van der Waals surface area contributed by atoms with Crippen LogP contribution in [0, 0.1) is 10.1 Å². The molecule has 1 atom stereocenters.